The van der Waals surface area contributed by atoms with E-state index in [1.807, 2.05) is 57.2 Å². The first-order valence-corrected chi connectivity index (χ1v) is 11.3. The standard InChI is InChI=1S/C25H30N6O3/c1-25(2,3)34-24(32)31-14-12-30(13-15-31)20-6-4-19(5-7-20)21-16-28-22(26)23(29-21)33-17-18-8-10-27-11-9-18/h4-11,16H,12-15,17H2,1-3H3,(H2,26,28). The topological polar surface area (TPSA) is 107 Å². The number of nitrogens with two attached hydrogens (primary N) is 1. The molecule has 0 saturated carbocycles. The minimum Gasteiger partial charge on any atom is -0.470 e. The van der Waals surface area contributed by atoms with Crippen molar-refractivity contribution in [2.45, 2.75) is 33.0 Å². The van der Waals surface area contributed by atoms with Crippen molar-refractivity contribution in [3.63, 3.8) is 0 Å². The molecule has 0 bridgehead atoms. The molecule has 1 amide bonds. The third-order valence-corrected chi connectivity index (χ3v) is 5.35. The zero-order valence-electron chi connectivity index (χ0n) is 19.8. The monoisotopic (exact) mass is 462 g/mol. The molecule has 3 aromatic rings. The van der Waals surface area contributed by atoms with E-state index in [2.05, 4.69) is 19.9 Å². The third kappa shape index (κ3) is 5.92. The highest BCUT2D eigenvalue weighted by molar-refractivity contribution is 5.69. The first kappa shape index (κ1) is 23.3. The van der Waals surface area contributed by atoms with Gasteiger partial charge in [-0.05, 0) is 50.6 Å². The van der Waals surface area contributed by atoms with Gasteiger partial charge in [-0.15, -0.1) is 0 Å². The van der Waals surface area contributed by atoms with Gasteiger partial charge < -0.3 is 25.0 Å². The van der Waals surface area contributed by atoms with Gasteiger partial charge in [0.1, 0.15) is 12.2 Å². The summed E-state index contributed by atoms with van der Waals surface area (Å²) in [5, 5.41) is 0. The van der Waals surface area contributed by atoms with E-state index in [4.69, 9.17) is 15.2 Å². The molecule has 0 atom stereocenters. The van der Waals surface area contributed by atoms with Crippen molar-refractivity contribution >= 4 is 17.6 Å². The Morgan fingerprint density at radius 1 is 1.03 bits per heavy atom. The predicted molar refractivity (Wildman–Crippen MR) is 130 cm³/mol. The Morgan fingerprint density at radius 3 is 2.35 bits per heavy atom. The summed E-state index contributed by atoms with van der Waals surface area (Å²) in [6, 6.07) is 11.9. The number of hydrogen-bond donors (Lipinski definition) is 1. The number of nitrogen functional groups attached to an aromatic ring is 1. The molecule has 3 heterocycles. The van der Waals surface area contributed by atoms with Gasteiger partial charge in [0.15, 0.2) is 5.82 Å². The van der Waals surface area contributed by atoms with Crippen molar-refractivity contribution in [3.05, 3.63) is 60.6 Å². The minimum absolute atomic E-state index is 0.247. The van der Waals surface area contributed by atoms with E-state index in [-0.39, 0.29) is 11.9 Å². The molecule has 1 aromatic carbocycles. The Bertz CT molecular complexity index is 1110. The normalized spacial score (nSPS) is 14.1. The van der Waals surface area contributed by atoms with Crippen molar-refractivity contribution < 1.29 is 14.3 Å². The Labute approximate surface area is 199 Å². The van der Waals surface area contributed by atoms with Gasteiger partial charge in [0.2, 0.25) is 0 Å². The number of carbonyl (C=O) groups is 1. The van der Waals surface area contributed by atoms with Crippen LogP contribution in [0.1, 0.15) is 26.3 Å². The Kier molecular flexibility index (Phi) is 6.81. The fraction of sp³-hybridized carbons (Fsp3) is 0.360. The number of amides is 1. The molecule has 1 saturated heterocycles. The molecule has 0 unspecified atom stereocenters. The highest BCUT2D eigenvalue weighted by Gasteiger charge is 2.26. The average Bonchev–Trinajstić information content (AvgIpc) is 2.83. The maximum atomic E-state index is 12.3. The summed E-state index contributed by atoms with van der Waals surface area (Å²) in [7, 11) is 0. The molecule has 9 nitrogen and oxygen atoms in total. The van der Waals surface area contributed by atoms with Crippen LogP contribution in [0.25, 0.3) is 11.3 Å². The lowest BCUT2D eigenvalue weighted by atomic mass is 10.1. The lowest BCUT2D eigenvalue weighted by Crippen LogP contribution is -2.50. The van der Waals surface area contributed by atoms with Crippen LogP contribution in [0, 0.1) is 0 Å². The molecule has 34 heavy (non-hydrogen) atoms. The molecule has 0 aliphatic carbocycles. The lowest BCUT2D eigenvalue weighted by Gasteiger charge is -2.36. The molecule has 9 heteroatoms. The molecule has 1 aliphatic rings. The second-order valence-corrected chi connectivity index (χ2v) is 9.09. The molecular formula is C25H30N6O3. The number of carbonyl (C=O) groups excluding carboxylic acids is 1. The molecule has 0 spiro atoms. The summed E-state index contributed by atoms with van der Waals surface area (Å²) < 4.78 is 11.3. The van der Waals surface area contributed by atoms with Crippen LogP contribution in [-0.4, -0.2) is 57.7 Å². The average molecular weight is 463 g/mol. The SMILES string of the molecule is CC(C)(C)OC(=O)N1CCN(c2ccc(-c3cnc(N)c(OCc4ccncc4)n3)cc2)CC1. The number of piperazine rings is 1. The molecule has 4 rings (SSSR count). The summed E-state index contributed by atoms with van der Waals surface area (Å²) in [5.41, 5.74) is 9.13. The quantitative estimate of drug-likeness (QED) is 0.611. The number of ether oxygens (including phenoxy) is 2. The number of hydrogen-bond acceptors (Lipinski definition) is 8. The number of anilines is 2. The molecule has 2 aromatic heterocycles. The van der Waals surface area contributed by atoms with Crippen LogP contribution in [0.3, 0.4) is 0 Å². The van der Waals surface area contributed by atoms with Crippen LogP contribution in [0.4, 0.5) is 16.3 Å². The van der Waals surface area contributed by atoms with Crippen molar-refractivity contribution in [3.8, 4) is 17.1 Å². The van der Waals surface area contributed by atoms with Crippen LogP contribution in [-0.2, 0) is 11.3 Å². The van der Waals surface area contributed by atoms with Crippen LogP contribution in [0.2, 0.25) is 0 Å². The van der Waals surface area contributed by atoms with Crippen LogP contribution in [0.5, 0.6) is 5.88 Å². The molecule has 2 N–H and O–H groups in total. The van der Waals surface area contributed by atoms with Gasteiger partial charge in [0.25, 0.3) is 5.88 Å². The maximum absolute atomic E-state index is 12.3. The fourth-order valence-corrected chi connectivity index (χ4v) is 3.57. The van der Waals surface area contributed by atoms with E-state index in [0.717, 1.165) is 29.9 Å². The van der Waals surface area contributed by atoms with Gasteiger partial charge in [-0.3, -0.25) is 4.98 Å². The van der Waals surface area contributed by atoms with Crippen LogP contribution >= 0.6 is 0 Å². The van der Waals surface area contributed by atoms with Gasteiger partial charge in [-0.2, -0.15) is 0 Å². The van der Waals surface area contributed by atoms with Gasteiger partial charge in [0.05, 0.1) is 11.9 Å². The maximum Gasteiger partial charge on any atom is 0.410 e. The zero-order chi connectivity index (χ0) is 24.1. The second kappa shape index (κ2) is 9.94. The third-order valence-electron chi connectivity index (χ3n) is 5.35. The van der Waals surface area contributed by atoms with E-state index in [1.165, 1.54) is 0 Å². The van der Waals surface area contributed by atoms with Gasteiger partial charge in [0, 0.05) is 49.8 Å². The van der Waals surface area contributed by atoms with Gasteiger partial charge >= 0.3 is 6.09 Å². The van der Waals surface area contributed by atoms with Crippen molar-refractivity contribution in [1.82, 2.24) is 19.9 Å². The van der Waals surface area contributed by atoms with Crippen molar-refractivity contribution in [2.24, 2.45) is 0 Å². The Morgan fingerprint density at radius 2 is 1.71 bits per heavy atom. The number of pyridine rings is 1. The Hall–Kier alpha value is -3.88. The van der Waals surface area contributed by atoms with Gasteiger partial charge in [-0.1, -0.05) is 12.1 Å². The van der Waals surface area contributed by atoms with E-state index in [1.54, 1.807) is 23.5 Å². The molecule has 0 radical (unpaired) electrons. The van der Waals surface area contributed by atoms with Crippen molar-refractivity contribution in [2.75, 3.05) is 36.8 Å². The van der Waals surface area contributed by atoms with E-state index in [0.29, 0.717) is 31.3 Å². The number of aromatic nitrogens is 3. The predicted octanol–water partition coefficient (Wildman–Crippen LogP) is 3.76. The summed E-state index contributed by atoms with van der Waals surface area (Å²) in [6.07, 6.45) is 4.81. The largest absolute Gasteiger partial charge is 0.470 e. The summed E-state index contributed by atoms with van der Waals surface area (Å²) >= 11 is 0. The number of rotatable bonds is 5. The molecule has 1 fully saturated rings. The smallest absolute Gasteiger partial charge is 0.410 e. The second-order valence-electron chi connectivity index (χ2n) is 9.09. The number of benzene rings is 1. The summed E-state index contributed by atoms with van der Waals surface area (Å²) in [4.78, 5) is 29.1. The first-order valence-electron chi connectivity index (χ1n) is 11.3. The summed E-state index contributed by atoms with van der Waals surface area (Å²) in [6.45, 7) is 8.70. The van der Waals surface area contributed by atoms with E-state index < -0.39 is 5.60 Å². The molecule has 1 aliphatic heterocycles. The first-order chi connectivity index (χ1) is 16.3. The van der Waals surface area contributed by atoms with Gasteiger partial charge in [-0.25, -0.2) is 14.8 Å². The van der Waals surface area contributed by atoms with Crippen LogP contribution in [0.15, 0.2) is 55.0 Å². The molecular weight excluding hydrogens is 432 g/mol. The molecule has 178 valence electrons. The minimum atomic E-state index is -0.487. The van der Waals surface area contributed by atoms with Crippen molar-refractivity contribution in [1.29, 1.82) is 0 Å². The summed E-state index contributed by atoms with van der Waals surface area (Å²) in [5.74, 6) is 0.550. The van der Waals surface area contributed by atoms with E-state index in [9.17, 15) is 4.79 Å². The van der Waals surface area contributed by atoms with E-state index >= 15 is 0 Å². The Balaban J connectivity index is 1.38. The highest BCUT2D eigenvalue weighted by atomic mass is 16.6. The lowest BCUT2D eigenvalue weighted by molar-refractivity contribution is 0.0240. The van der Waals surface area contributed by atoms with Crippen LogP contribution < -0.4 is 15.4 Å². The zero-order valence-corrected chi connectivity index (χ0v) is 19.8. The highest BCUT2D eigenvalue weighted by Crippen LogP contribution is 2.26. The fourth-order valence-electron chi connectivity index (χ4n) is 3.57. The number of nitrogens with zero attached hydrogens (tertiary/aromatic N) is 5.